The molecule has 0 radical (unpaired) electrons. The number of aliphatic hydroxyl groups is 3. The zero-order chi connectivity index (χ0) is 16.2. The molecule has 0 saturated carbocycles. The highest BCUT2D eigenvalue weighted by molar-refractivity contribution is 7.99. The van der Waals surface area contributed by atoms with Crippen LogP contribution in [0.5, 0.6) is 0 Å². The van der Waals surface area contributed by atoms with Crippen molar-refractivity contribution in [2.75, 3.05) is 12.4 Å². The van der Waals surface area contributed by atoms with Crippen LogP contribution < -0.4 is 0 Å². The molecule has 1 fully saturated rings. The van der Waals surface area contributed by atoms with Gasteiger partial charge in [-0.3, -0.25) is 0 Å². The van der Waals surface area contributed by atoms with Gasteiger partial charge in [0, 0.05) is 0 Å². The third-order valence-electron chi connectivity index (χ3n) is 4.23. The van der Waals surface area contributed by atoms with Crippen molar-refractivity contribution in [2.45, 2.75) is 94.9 Å². The molecule has 22 heavy (non-hydrogen) atoms. The third-order valence-corrected chi connectivity index (χ3v) is 5.50. The second kappa shape index (κ2) is 12.6. The van der Waals surface area contributed by atoms with Crippen molar-refractivity contribution in [3.8, 4) is 0 Å². The normalized spacial score (nSPS) is 28.9. The van der Waals surface area contributed by atoms with Gasteiger partial charge in [-0.2, -0.15) is 0 Å². The van der Waals surface area contributed by atoms with E-state index in [2.05, 4.69) is 6.92 Å². The lowest BCUT2D eigenvalue weighted by molar-refractivity contribution is -0.161. The molecule has 132 valence electrons. The molecule has 5 heteroatoms. The zero-order valence-electron chi connectivity index (χ0n) is 14.0. The Labute approximate surface area is 139 Å². The predicted octanol–water partition coefficient (Wildman–Crippen LogP) is 3.08. The number of hydrogen-bond donors (Lipinski definition) is 3. The summed E-state index contributed by atoms with van der Waals surface area (Å²) in [7, 11) is 0. The minimum Gasteiger partial charge on any atom is -0.388 e. The van der Waals surface area contributed by atoms with E-state index in [4.69, 9.17) is 4.74 Å². The molecule has 0 unspecified atom stereocenters. The van der Waals surface area contributed by atoms with Crippen LogP contribution in [0, 0.1) is 0 Å². The highest BCUT2D eigenvalue weighted by atomic mass is 32.2. The maximum Gasteiger partial charge on any atom is 0.131 e. The van der Waals surface area contributed by atoms with E-state index < -0.39 is 23.7 Å². The monoisotopic (exact) mass is 334 g/mol. The highest BCUT2D eigenvalue weighted by Crippen LogP contribution is 2.25. The summed E-state index contributed by atoms with van der Waals surface area (Å²) >= 11 is 1.55. The van der Waals surface area contributed by atoms with Crippen LogP contribution in [-0.4, -0.2) is 51.4 Å². The summed E-state index contributed by atoms with van der Waals surface area (Å²) in [5.41, 5.74) is -0.406. The van der Waals surface area contributed by atoms with Crippen molar-refractivity contribution >= 4 is 11.8 Å². The van der Waals surface area contributed by atoms with E-state index in [-0.39, 0.29) is 6.61 Å². The van der Waals surface area contributed by atoms with Crippen LogP contribution in [0.25, 0.3) is 0 Å². The van der Waals surface area contributed by atoms with Crippen molar-refractivity contribution in [1.82, 2.24) is 0 Å². The summed E-state index contributed by atoms with van der Waals surface area (Å²) in [6, 6.07) is 0. The van der Waals surface area contributed by atoms with Crippen molar-refractivity contribution in [1.29, 1.82) is 0 Å². The lowest BCUT2D eigenvalue weighted by Gasteiger charge is -2.34. The molecule has 1 heterocycles. The molecule has 0 amide bonds. The molecule has 1 aliphatic heterocycles. The minimum atomic E-state index is -1.08. The molecule has 0 bridgehead atoms. The summed E-state index contributed by atoms with van der Waals surface area (Å²) in [5, 5.41) is 28.8. The number of unbranched alkanes of at least 4 members (excludes halogenated alkanes) is 9. The molecule has 1 saturated heterocycles. The van der Waals surface area contributed by atoms with Gasteiger partial charge < -0.3 is 20.1 Å². The van der Waals surface area contributed by atoms with Crippen LogP contribution in [0.3, 0.4) is 0 Å². The first-order valence-corrected chi connectivity index (χ1v) is 9.99. The van der Waals surface area contributed by atoms with Gasteiger partial charge in [-0.15, -0.1) is 11.8 Å². The van der Waals surface area contributed by atoms with E-state index in [9.17, 15) is 15.3 Å². The first-order valence-electron chi connectivity index (χ1n) is 8.94. The first-order chi connectivity index (χ1) is 10.7. The standard InChI is InChI=1S/C17H34O4S/c1-2-3-4-5-6-7-8-9-10-11-12-22-17-16(20)15(19)14(18)13-21-17/h14-20H,2-13H2,1H3/t14-,15+,16-,17-/m1/s1. The molecule has 4 atom stereocenters. The van der Waals surface area contributed by atoms with Gasteiger partial charge in [-0.25, -0.2) is 0 Å². The summed E-state index contributed by atoms with van der Waals surface area (Å²) in [5.74, 6) is 0.932. The molecule has 1 aliphatic rings. The predicted molar refractivity (Wildman–Crippen MR) is 92.1 cm³/mol. The summed E-state index contributed by atoms with van der Waals surface area (Å²) < 4.78 is 5.37. The maximum atomic E-state index is 9.81. The van der Waals surface area contributed by atoms with Gasteiger partial charge in [0.05, 0.1) is 6.61 Å². The van der Waals surface area contributed by atoms with E-state index in [1.54, 1.807) is 11.8 Å². The first kappa shape index (κ1) is 20.2. The SMILES string of the molecule is CCCCCCCCCCCCS[C@H]1OC[C@@H](O)[C@H](O)[C@H]1O. The van der Waals surface area contributed by atoms with E-state index in [1.165, 1.54) is 57.8 Å². The molecule has 0 aromatic carbocycles. The van der Waals surface area contributed by atoms with Gasteiger partial charge >= 0.3 is 0 Å². The Balaban J connectivity index is 1.89. The fourth-order valence-corrected chi connectivity index (χ4v) is 3.85. The largest absolute Gasteiger partial charge is 0.388 e. The zero-order valence-corrected chi connectivity index (χ0v) is 14.8. The van der Waals surface area contributed by atoms with Crippen molar-refractivity contribution < 1.29 is 20.1 Å². The van der Waals surface area contributed by atoms with Gasteiger partial charge in [-0.05, 0) is 12.2 Å². The molecule has 3 N–H and O–H groups in total. The minimum absolute atomic E-state index is 0.105. The van der Waals surface area contributed by atoms with Crippen LogP contribution in [0.15, 0.2) is 0 Å². The number of thioether (sulfide) groups is 1. The average Bonchev–Trinajstić information content (AvgIpc) is 2.52. The lowest BCUT2D eigenvalue weighted by Crippen LogP contribution is -2.51. The molecule has 0 aliphatic carbocycles. The summed E-state index contributed by atoms with van der Waals surface area (Å²) in [6.07, 6.45) is 10.1. The van der Waals surface area contributed by atoms with Crippen LogP contribution >= 0.6 is 11.8 Å². The Morgan fingerprint density at radius 2 is 1.36 bits per heavy atom. The molecule has 0 aromatic heterocycles. The van der Waals surface area contributed by atoms with Gasteiger partial charge in [0.15, 0.2) is 0 Å². The van der Waals surface area contributed by atoms with E-state index in [0.717, 1.165) is 12.2 Å². The Morgan fingerprint density at radius 1 is 0.818 bits per heavy atom. The Morgan fingerprint density at radius 3 is 1.95 bits per heavy atom. The van der Waals surface area contributed by atoms with Crippen LogP contribution in [-0.2, 0) is 4.74 Å². The Kier molecular flexibility index (Phi) is 11.6. The quantitative estimate of drug-likeness (QED) is 0.479. The lowest BCUT2D eigenvalue weighted by atomic mass is 10.1. The topological polar surface area (TPSA) is 69.9 Å². The average molecular weight is 335 g/mol. The van der Waals surface area contributed by atoms with Crippen LogP contribution in [0.4, 0.5) is 0 Å². The van der Waals surface area contributed by atoms with Crippen molar-refractivity contribution in [3.63, 3.8) is 0 Å². The number of ether oxygens (including phenoxy) is 1. The van der Waals surface area contributed by atoms with E-state index >= 15 is 0 Å². The fraction of sp³-hybridized carbons (Fsp3) is 1.00. The highest BCUT2D eigenvalue weighted by Gasteiger charge is 2.37. The van der Waals surface area contributed by atoms with Gasteiger partial charge in [0.25, 0.3) is 0 Å². The number of aliphatic hydroxyl groups excluding tert-OH is 3. The number of hydrogen-bond acceptors (Lipinski definition) is 5. The summed E-state index contributed by atoms with van der Waals surface area (Å²) in [6.45, 7) is 2.35. The van der Waals surface area contributed by atoms with Gasteiger partial charge in [0.1, 0.15) is 23.7 Å². The van der Waals surface area contributed by atoms with Crippen LogP contribution in [0.2, 0.25) is 0 Å². The third kappa shape index (κ3) is 8.16. The molecular formula is C17H34O4S. The Bertz CT molecular complexity index is 265. The molecule has 0 aromatic rings. The fourth-order valence-electron chi connectivity index (χ4n) is 2.71. The molecule has 0 spiro atoms. The van der Waals surface area contributed by atoms with Crippen molar-refractivity contribution in [2.24, 2.45) is 0 Å². The smallest absolute Gasteiger partial charge is 0.131 e. The summed E-state index contributed by atoms with van der Waals surface area (Å²) in [4.78, 5) is 0. The van der Waals surface area contributed by atoms with Crippen molar-refractivity contribution in [3.05, 3.63) is 0 Å². The number of rotatable bonds is 12. The molecule has 1 rings (SSSR count). The molecule has 4 nitrogen and oxygen atoms in total. The van der Waals surface area contributed by atoms with E-state index in [1.807, 2.05) is 0 Å². The molecular weight excluding hydrogens is 300 g/mol. The van der Waals surface area contributed by atoms with Crippen LogP contribution in [0.1, 0.15) is 71.1 Å². The van der Waals surface area contributed by atoms with Gasteiger partial charge in [0.2, 0.25) is 0 Å². The maximum absolute atomic E-state index is 9.81. The van der Waals surface area contributed by atoms with E-state index in [0.29, 0.717) is 0 Å². The second-order valence-corrected chi connectivity index (χ2v) is 7.51. The Hall–Kier alpha value is 0.190. The second-order valence-electron chi connectivity index (χ2n) is 6.30. The van der Waals surface area contributed by atoms with Gasteiger partial charge in [-0.1, -0.05) is 64.7 Å².